The number of halogens is 2. The molecule has 0 aromatic heterocycles. The lowest BCUT2D eigenvalue weighted by Crippen LogP contribution is -2.42. The fourth-order valence-electron chi connectivity index (χ4n) is 1.65. The minimum absolute atomic E-state index is 0.0767. The summed E-state index contributed by atoms with van der Waals surface area (Å²) in [5.41, 5.74) is 5.37. The van der Waals surface area contributed by atoms with Gasteiger partial charge in [-0.1, -0.05) is 29.3 Å². The fourth-order valence-corrected chi connectivity index (χ4v) is 2.18. The van der Waals surface area contributed by atoms with Crippen LogP contribution in [0.15, 0.2) is 18.2 Å². The van der Waals surface area contributed by atoms with Gasteiger partial charge >= 0.3 is 5.97 Å². The van der Waals surface area contributed by atoms with Gasteiger partial charge in [-0.05, 0) is 24.1 Å². The quantitative estimate of drug-likeness (QED) is 0.700. The first-order valence-electron chi connectivity index (χ1n) is 6.04. The van der Waals surface area contributed by atoms with Gasteiger partial charge in [-0.15, -0.1) is 0 Å². The van der Waals surface area contributed by atoms with Gasteiger partial charge in [-0.2, -0.15) is 0 Å². The van der Waals surface area contributed by atoms with Crippen LogP contribution in [0.2, 0.25) is 10.0 Å². The highest BCUT2D eigenvalue weighted by atomic mass is 35.5. The maximum Gasteiger partial charge on any atom is 0.326 e. The van der Waals surface area contributed by atoms with Gasteiger partial charge in [-0.3, -0.25) is 9.59 Å². The van der Waals surface area contributed by atoms with Crippen LogP contribution in [-0.4, -0.2) is 28.9 Å². The van der Waals surface area contributed by atoms with E-state index in [4.69, 9.17) is 34.0 Å². The maximum absolute atomic E-state index is 11.9. The van der Waals surface area contributed by atoms with Crippen molar-refractivity contribution in [2.75, 3.05) is 0 Å². The molecule has 0 bridgehead atoms. The number of benzene rings is 1. The molecule has 0 saturated carbocycles. The number of carboxylic acid groups (broad SMARTS) is 1. The number of nitrogens with two attached hydrogens (primary N) is 1. The summed E-state index contributed by atoms with van der Waals surface area (Å²) in [7, 11) is 0. The first-order chi connectivity index (χ1) is 9.81. The maximum atomic E-state index is 11.9. The van der Waals surface area contributed by atoms with Crippen LogP contribution in [0.5, 0.6) is 0 Å². The number of carbonyl (C=O) groups excluding carboxylic acids is 2. The van der Waals surface area contributed by atoms with Crippen molar-refractivity contribution < 1.29 is 19.5 Å². The third-order valence-electron chi connectivity index (χ3n) is 2.71. The third kappa shape index (κ3) is 5.61. The molecule has 0 radical (unpaired) electrons. The number of carbonyl (C=O) groups is 3. The van der Waals surface area contributed by atoms with E-state index in [0.29, 0.717) is 15.6 Å². The first-order valence-corrected chi connectivity index (χ1v) is 6.80. The Labute approximate surface area is 131 Å². The summed E-state index contributed by atoms with van der Waals surface area (Å²) in [4.78, 5) is 33.6. The second-order valence-corrected chi connectivity index (χ2v) is 5.15. The summed E-state index contributed by atoms with van der Waals surface area (Å²) in [5, 5.41) is 11.9. The van der Waals surface area contributed by atoms with Crippen LogP contribution < -0.4 is 11.1 Å². The van der Waals surface area contributed by atoms with E-state index in [1.54, 1.807) is 18.2 Å². The van der Waals surface area contributed by atoms with E-state index in [1.807, 2.05) is 0 Å². The first kappa shape index (κ1) is 17.3. The van der Waals surface area contributed by atoms with Crippen LogP contribution in [0.25, 0.3) is 0 Å². The number of aliphatic carboxylic acids is 1. The third-order valence-corrected chi connectivity index (χ3v) is 3.42. The lowest BCUT2D eigenvalue weighted by molar-refractivity contribution is -0.142. The zero-order chi connectivity index (χ0) is 16.0. The largest absolute Gasteiger partial charge is 0.480 e. The van der Waals surface area contributed by atoms with Crippen molar-refractivity contribution in [1.82, 2.24) is 5.32 Å². The van der Waals surface area contributed by atoms with Crippen molar-refractivity contribution in [2.24, 2.45) is 5.73 Å². The van der Waals surface area contributed by atoms with Crippen molar-refractivity contribution in [3.8, 4) is 0 Å². The SMILES string of the molecule is NC(=O)CC[C@H](NC(=O)Cc1c(Cl)cccc1Cl)C(=O)O. The van der Waals surface area contributed by atoms with Crippen molar-refractivity contribution in [3.05, 3.63) is 33.8 Å². The van der Waals surface area contributed by atoms with E-state index in [0.717, 1.165) is 0 Å². The Morgan fingerprint density at radius 2 is 1.81 bits per heavy atom. The lowest BCUT2D eigenvalue weighted by Gasteiger charge is -2.14. The smallest absolute Gasteiger partial charge is 0.326 e. The molecule has 8 heteroatoms. The van der Waals surface area contributed by atoms with E-state index in [2.05, 4.69) is 5.32 Å². The number of nitrogens with one attached hydrogen (secondary N) is 1. The summed E-state index contributed by atoms with van der Waals surface area (Å²) in [5.74, 6) is -2.43. The Morgan fingerprint density at radius 1 is 1.24 bits per heavy atom. The molecular weight excluding hydrogens is 319 g/mol. The Hall–Kier alpha value is -1.79. The van der Waals surface area contributed by atoms with Crippen LogP contribution in [0.3, 0.4) is 0 Å². The number of primary amides is 1. The molecule has 0 spiro atoms. The van der Waals surface area contributed by atoms with E-state index in [1.165, 1.54) is 0 Å². The van der Waals surface area contributed by atoms with Crippen LogP contribution in [-0.2, 0) is 20.8 Å². The molecule has 0 aliphatic rings. The van der Waals surface area contributed by atoms with Crippen LogP contribution in [0.4, 0.5) is 0 Å². The standard InChI is InChI=1S/C13H14Cl2N2O4/c14-8-2-1-3-9(15)7(8)6-12(19)17-10(13(20)21)4-5-11(16)18/h1-3,10H,4-6H2,(H2,16,18)(H,17,19)(H,20,21)/t10-/m0/s1. The zero-order valence-corrected chi connectivity index (χ0v) is 12.4. The number of carboxylic acids is 1. The summed E-state index contributed by atoms with van der Waals surface area (Å²) in [6, 6.07) is 3.61. The minimum atomic E-state index is -1.24. The number of rotatable bonds is 7. The molecule has 0 unspecified atom stereocenters. The molecule has 1 rings (SSSR count). The monoisotopic (exact) mass is 332 g/mol. The molecule has 0 aliphatic heterocycles. The molecule has 114 valence electrons. The molecule has 4 N–H and O–H groups in total. The lowest BCUT2D eigenvalue weighted by atomic mass is 10.1. The van der Waals surface area contributed by atoms with Crippen molar-refractivity contribution in [3.63, 3.8) is 0 Å². The van der Waals surface area contributed by atoms with Gasteiger partial charge in [0.25, 0.3) is 0 Å². The second-order valence-electron chi connectivity index (χ2n) is 4.34. The molecule has 21 heavy (non-hydrogen) atoms. The van der Waals surface area contributed by atoms with E-state index in [9.17, 15) is 14.4 Å². The molecular formula is C13H14Cl2N2O4. The molecule has 0 heterocycles. The van der Waals surface area contributed by atoms with Crippen molar-refractivity contribution in [2.45, 2.75) is 25.3 Å². The average molecular weight is 333 g/mol. The van der Waals surface area contributed by atoms with Crippen LogP contribution in [0.1, 0.15) is 18.4 Å². The van der Waals surface area contributed by atoms with E-state index < -0.39 is 23.8 Å². The summed E-state index contributed by atoms with van der Waals surface area (Å²) < 4.78 is 0. The highest BCUT2D eigenvalue weighted by Crippen LogP contribution is 2.24. The number of hydrogen-bond donors (Lipinski definition) is 3. The van der Waals surface area contributed by atoms with Gasteiger partial charge in [0.1, 0.15) is 6.04 Å². The Morgan fingerprint density at radius 3 is 2.29 bits per heavy atom. The van der Waals surface area contributed by atoms with Gasteiger partial charge in [0.15, 0.2) is 0 Å². The minimum Gasteiger partial charge on any atom is -0.480 e. The van der Waals surface area contributed by atoms with Crippen LogP contribution >= 0.6 is 23.2 Å². The van der Waals surface area contributed by atoms with Crippen molar-refractivity contribution >= 4 is 41.0 Å². The number of amides is 2. The second kappa shape index (κ2) is 7.85. The van der Waals surface area contributed by atoms with E-state index in [-0.39, 0.29) is 19.3 Å². The highest BCUT2D eigenvalue weighted by Gasteiger charge is 2.21. The van der Waals surface area contributed by atoms with Gasteiger partial charge in [-0.25, -0.2) is 4.79 Å². The Balaban J connectivity index is 2.70. The van der Waals surface area contributed by atoms with E-state index >= 15 is 0 Å². The fraction of sp³-hybridized carbons (Fsp3) is 0.308. The highest BCUT2D eigenvalue weighted by molar-refractivity contribution is 6.36. The molecule has 1 atom stereocenters. The predicted molar refractivity (Wildman–Crippen MR) is 78.2 cm³/mol. The van der Waals surface area contributed by atoms with Gasteiger partial charge in [0, 0.05) is 16.5 Å². The van der Waals surface area contributed by atoms with Gasteiger partial charge < -0.3 is 16.2 Å². The predicted octanol–water partition coefficient (Wildman–Crippen LogP) is 1.37. The Bertz CT molecular complexity index is 543. The van der Waals surface area contributed by atoms with Crippen LogP contribution in [0, 0.1) is 0 Å². The topological polar surface area (TPSA) is 109 Å². The Kier molecular flexibility index (Phi) is 6.45. The summed E-state index contributed by atoms with van der Waals surface area (Å²) >= 11 is 11.9. The molecule has 2 amide bonds. The average Bonchev–Trinajstić information content (AvgIpc) is 2.38. The molecule has 1 aromatic rings. The molecule has 0 aliphatic carbocycles. The van der Waals surface area contributed by atoms with Gasteiger partial charge in [0.05, 0.1) is 6.42 Å². The van der Waals surface area contributed by atoms with Crippen molar-refractivity contribution in [1.29, 1.82) is 0 Å². The molecule has 0 fully saturated rings. The normalized spacial score (nSPS) is 11.7. The number of hydrogen-bond acceptors (Lipinski definition) is 3. The molecule has 6 nitrogen and oxygen atoms in total. The molecule has 0 saturated heterocycles. The van der Waals surface area contributed by atoms with Gasteiger partial charge in [0.2, 0.25) is 11.8 Å². The summed E-state index contributed by atoms with van der Waals surface area (Å²) in [6.45, 7) is 0. The zero-order valence-electron chi connectivity index (χ0n) is 10.9. The molecule has 1 aromatic carbocycles. The summed E-state index contributed by atoms with van der Waals surface area (Å²) in [6.07, 6.45) is -0.365.